The minimum Gasteiger partial charge on any atom is -0.323 e. The van der Waals surface area contributed by atoms with E-state index in [-0.39, 0.29) is 19.0 Å². The smallest absolute Gasteiger partial charge is 0.272 e. The van der Waals surface area contributed by atoms with Gasteiger partial charge >= 0.3 is 0 Å². The van der Waals surface area contributed by atoms with E-state index >= 15 is 0 Å². The lowest BCUT2D eigenvalue weighted by Crippen LogP contribution is -2.55. The van der Waals surface area contributed by atoms with E-state index in [1.807, 2.05) is 47.3 Å². The number of likely N-dealkylation sites (tertiary alicyclic amines) is 1. The van der Waals surface area contributed by atoms with Gasteiger partial charge in [-0.15, -0.1) is 0 Å². The summed E-state index contributed by atoms with van der Waals surface area (Å²) >= 11 is 0. The predicted octanol–water partition coefficient (Wildman–Crippen LogP) is 4.99. The molecule has 2 heterocycles. The third-order valence-corrected chi connectivity index (χ3v) is 5.75. The monoisotopic (exact) mass is 434 g/mol. The third-order valence-electron chi connectivity index (χ3n) is 5.75. The highest BCUT2D eigenvalue weighted by Crippen LogP contribution is 2.35. The summed E-state index contributed by atoms with van der Waals surface area (Å²) in [5.41, 5.74) is 4.61. The van der Waals surface area contributed by atoms with Crippen LogP contribution in [0, 0.1) is 0 Å². The number of aromatic nitrogens is 2. The van der Waals surface area contributed by atoms with Crippen LogP contribution in [-0.2, 0) is 11.3 Å². The van der Waals surface area contributed by atoms with Crippen molar-refractivity contribution in [2.75, 3.05) is 18.4 Å². The van der Waals surface area contributed by atoms with Crippen molar-refractivity contribution in [3.63, 3.8) is 0 Å². The minimum absolute atomic E-state index is 0.195. The zero-order valence-electron chi connectivity index (χ0n) is 17.5. The van der Waals surface area contributed by atoms with Crippen LogP contribution in [0.3, 0.4) is 0 Å². The Bertz CT molecular complexity index is 1140. The lowest BCUT2D eigenvalue weighted by atomic mass is 10.0. The molecule has 32 heavy (non-hydrogen) atoms. The highest BCUT2D eigenvalue weighted by Gasteiger charge is 2.43. The lowest BCUT2D eigenvalue weighted by molar-refractivity contribution is -0.133. The Hall–Kier alpha value is -3.32. The van der Waals surface area contributed by atoms with Crippen LogP contribution in [0.1, 0.15) is 30.0 Å². The van der Waals surface area contributed by atoms with Gasteiger partial charge in [0.2, 0.25) is 5.91 Å². The zero-order chi connectivity index (χ0) is 22.1. The second-order valence-electron chi connectivity index (χ2n) is 8.55. The number of nitrogens with zero attached hydrogens (tertiary/aromatic N) is 3. The van der Waals surface area contributed by atoms with Gasteiger partial charge in [-0.05, 0) is 47.7 Å². The van der Waals surface area contributed by atoms with Crippen LogP contribution in [0.2, 0.25) is 0 Å². The largest absolute Gasteiger partial charge is 0.323 e. The van der Waals surface area contributed by atoms with Gasteiger partial charge in [0.05, 0.1) is 25.3 Å². The topological polar surface area (TPSA) is 50.2 Å². The number of benzene rings is 2. The zero-order valence-corrected chi connectivity index (χ0v) is 17.5. The molecule has 2 fully saturated rings. The van der Waals surface area contributed by atoms with Crippen LogP contribution in [0.5, 0.6) is 0 Å². The second kappa shape index (κ2) is 8.31. The number of rotatable bonds is 7. The number of hydrogen-bond donors (Lipinski definition) is 1. The maximum Gasteiger partial charge on any atom is 0.272 e. The predicted molar refractivity (Wildman–Crippen MR) is 120 cm³/mol. The highest BCUT2D eigenvalue weighted by molar-refractivity contribution is 6.02. The molecule has 2 aromatic carbocycles. The first-order valence-electron chi connectivity index (χ1n) is 10.8. The Kier molecular flexibility index (Phi) is 5.35. The molecule has 1 aliphatic heterocycles. The molecule has 164 valence electrons. The van der Waals surface area contributed by atoms with Crippen molar-refractivity contribution < 1.29 is 13.6 Å². The molecule has 5 nitrogen and oxygen atoms in total. The van der Waals surface area contributed by atoms with Crippen molar-refractivity contribution >= 4 is 17.7 Å². The van der Waals surface area contributed by atoms with Crippen molar-refractivity contribution in [3.8, 4) is 11.1 Å². The van der Waals surface area contributed by atoms with E-state index in [2.05, 4.69) is 16.6 Å². The normalized spacial score (nSPS) is 17.9. The SMILES string of the molecule is O=C(/C=C/c1ccccc1-c1cnn(C2CC2)c1)Nc1ccc(CN2CC(F)(F)C2)cc1. The number of carbonyl (C=O) groups excluding carboxylic acids is 1. The Morgan fingerprint density at radius 1 is 1.12 bits per heavy atom. The molecule has 2 aliphatic rings. The highest BCUT2D eigenvalue weighted by atomic mass is 19.3. The van der Waals surface area contributed by atoms with E-state index in [1.54, 1.807) is 23.1 Å². The van der Waals surface area contributed by atoms with Gasteiger partial charge in [0.1, 0.15) is 0 Å². The summed E-state index contributed by atoms with van der Waals surface area (Å²) in [5.74, 6) is -2.79. The van der Waals surface area contributed by atoms with Gasteiger partial charge in [-0.25, -0.2) is 8.78 Å². The molecule has 0 unspecified atom stereocenters. The molecule has 1 aliphatic carbocycles. The summed E-state index contributed by atoms with van der Waals surface area (Å²) < 4.78 is 27.9. The number of anilines is 1. The second-order valence-corrected chi connectivity index (χ2v) is 8.55. The van der Waals surface area contributed by atoms with Gasteiger partial charge in [0, 0.05) is 30.1 Å². The summed E-state index contributed by atoms with van der Waals surface area (Å²) in [6, 6.07) is 15.7. The molecule has 1 saturated carbocycles. The van der Waals surface area contributed by atoms with E-state index in [4.69, 9.17) is 0 Å². The molecule has 1 N–H and O–H groups in total. The summed E-state index contributed by atoms with van der Waals surface area (Å²) in [7, 11) is 0. The summed E-state index contributed by atoms with van der Waals surface area (Å²) in [6.45, 7) is 0.0933. The van der Waals surface area contributed by atoms with E-state index in [0.29, 0.717) is 18.3 Å². The first-order valence-corrected chi connectivity index (χ1v) is 10.8. The number of hydrogen-bond acceptors (Lipinski definition) is 3. The van der Waals surface area contributed by atoms with Crippen LogP contribution >= 0.6 is 0 Å². The molecule has 3 aromatic rings. The van der Waals surface area contributed by atoms with Gasteiger partial charge in [-0.3, -0.25) is 14.4 Å². The van der Waals surface area contributed by atoms with Crippen LogP contribution in [0.4, 0.5) is 14.5 Å². The molecule has 7 heteroatoms. The lowest BCUT2D eigenvalue weighted by Gasteiger charge is -2.38. The van der Waals surface area contributed by atoms with E-state index in [0.717, 1.165) is 22.3 Å². The van der Waals surface area contributed by atoms with E-state index < -0.39 is 5.92 Å². The van der Waals surface area contributed by atoms with Gasteiger partial charge in [-0.1, -0.05) is 36.4 Å². The maximum atomic E-state index is 13.0. The fourth-order valence-corrected chi connectivity index (χ4v) is 3.94. The Morgan fingerprint density at radius 2 is 1.88 bits per heavy atom. The molecule has 0 spiro atoms. The Labute approximate surface area is 185 Å². The molecule has 0 bridgehead atoms. The summed E-state index contributed by atoms with van der Waals surface area (Å²) in [4.78, 5) is 14.1. The first kappa shape index (κ1) is 20.6. The first-order chi connectivity index (χ1) is 15.4. The van der Waals surface area contributed by atoms with Crippen molar-refractivity contribution in [2.24, 2.45) is 0 Å². The fraction of sp³-hybridized carbons (Fsp3) is 0.280. The van der Waals surface area contributed by atoms with Gasteiger partial charge in [0.15, 0.2) is 0 Å². The number of carbonyl (C=O) groups is 1. The molecular weight excluding hydrogens is 410 g/mol. The standard InChI is InChI=1S/C25H24F2N4O/c26-25(27)16-30(17-25)14-18-5-8-21(9-6-18)29-24(32)12-7-19-3-1-2-4-23(19)20-13-28-31(15-20)22-10-11-22/h1-9,12-13,15,22H,10-11,14,16-17H2,(H,29,32)/b12-7+. The van der Waals surface area contributed by atoms with Gasteiger partial charge in [0.25, 0.3) is 5.92 Å². The third kappa shape index (κ3) is 4.78. The van der Waals surface area contributed by atoms with Crippen LogP contribution in [0.15, 0.2) is 67.0 Å². The van der Waals surface area contributed by atoms with Crippen molar-refractivity contribution in [3.05, 3.63) is 78.1 Å². The number of halogens is 2. The van der Waals surface area contributed by atoms with Gasteiger partial charge < -0.3 is 5.32 Å². The maximum absolute atomic E-state index is 13.0. The molecular formula is C25H24F2N4O. The van der Waals surface area contributed by atoms with E-state index in [1.165, 1.54) is 18.9 Å². The van der Waals surface area contributed by atoms with Crippen LogP contribution in [0.25, 0.3) is 17.2 Å². The fourth-order valence-electron chi connectivity index (χ4n) is 3.94. The Morgan fingerprint density at radius 3 is 2.59 bits per heavy atom. The minimum atomic E-state index is -2.56. The summed E-state index contributed by atoms with van der Waals surface area (Å²) in [6.07, 6.45) is 9.61. The van der Waals surface area contributed by atoms with Crippen LogP contribution < -0.4 is 5.32 Å². The Balaban J connectivity index is 1.20. The number of nitrogens with one attached hydrogen (secondary N) is 1. The molecule has 1 amide bonds. The van der Waals surface area contributed by atoms with E-state index in [9.17, 15) is 13.6 Å². The number of alkyl halides is 2. The number of amides is 1. The van der Waals surface area contributed by atoms with Crippen molar-refractivity contribution in [1.82, 2.24) is 14.7 Å². The van der Waals surface area contributed by atoms with Crippen molar-refractivity contribution in [2.45, 2.75) is 31.4 Å². The summed E-state index contributed by atoms with van der Waals surface area (Å²) in [5, 5.41) is 7.31. The average molecular weight is 434 g/mol. The molecule has 1 aromatic heterocycles. The molecule has 0 atom stereocenters. The molecule has 0 radical (unpaired) electrons. The molecule has 5 rings (SSSR count). The van der Waals surface area contributed by atoms with Crippen molar-refractivity contribution in [1.29, 1.82) is 0 Å². The average Bonchev–Trinajstić information content (AvgIpc) is 3.49. The van der Waals surface area contributed by atoms with Gasteiger partial charge in [-0.2, -0.15) is 5.10 Å². The molecule has 1 saturated heterocycles. The van der Waals surface area contributed by atoms with Crippen LogP contribution in [-0.4, -0.2) is 39.6 Å². The quantitative estimate of drug-likeness (QED) is 0.533.